The number of amides is 2. The summed E-state index contributed by atoms with van der Waals surface area (Å²) in [5.41, 5.74) is -0.0489. The molecule has 0 aliphatic rings. The lowest BCUT2D eigenvalue weighted by molar-refractivity contribution is -0.204. The fraction of sp³-hybridized carbons (Fsp3) is 0.571. The van der Waals surface area contributed by atoms with Gasteiger partial charge in [0.15, 0.2) is 6.10 Å². The summed E-state index contributed by atoms with van der Waals surface area (Å²) in [5.74, 6) is 0.350. The van der Waals surface area contributed by atoms with E-state index in [1.54, 1.807) is 10.8 Å². The molecule has 0 aliphatic carbocycles. The van der Waals surface area contributed by atoms with Crippen molar-refractivity contribution in [3.8, 4) is 6.07 Å². The van der Waals surface area contributed by atoms with Crippen molar-refractivity contribution < 1.29 is 23.1 Å². The molecule has 2 amide bonds. The Balaban J connectivity index is 2.65. The lowest BCUT2D eigenvalue weighted by Crippen LogP contribution is -2.36. The van der Waals surface area contributed by atoms with Crippen LogP contribution in [0, 0.1) is 11.3 Å². The number of carbonyl (C=O) groups excluding carboxylic acids is 1. The smallest absolute Gasteiger partial charge is 0.384 e. The monoisotopic (exact) mass is 332 g/mol. The summed E-state index contributed by atoms with van der Waals surface area (Å²) < 4.78 is 38.1. The van der Waals surface area contributed by atoms with E-state index in [2.05, 4.69) is 10.6 Å². The van der Waals surface area contributed by atoms with Crippen LogP contribution in [0.2, 0.25) is 0 Å². The van der Waals surface area contributed by atoms with Gasteiger partial charge in [-0.1, -0.05) is 0 Å². The molecule has 1 unspecified atom stereocenters. The molecule has 1 atom stereocenters. The molecule has 1 rings (SSSR count). The second kappa shape index (κ2) is 6.91. The van der Waals surface area contributed by atoms with Crippen LogP contribution < -0.4 is 10.6 Å². The average Bonchev–Trinajstić information content (AvgIpc) is 2.80. The van der Waals surface area contributed by atoms with Crippen molar-refractivity contribution in [1.82, 2.24) is 9.88 Å². The molecule has 23 heavy (non-hydrogen) atoms. The van der Waals surface area contributed by atoms with Gasteiger partial charge in [-0.2, -0.15) is 18.4 Å². The average molecular weight is 332 g/mol. The van der Waals surface area contributed by atoms with Crippen LogP contribution in [0.25, 0.3) is 0 Å². The summed E-state index contributed by atoms with van der Waals surface area (Å²) in [6.07, 6.45) is -6.25. The second-order valence-corrected chi connectivity index (χ2v) is 5.99. The molecule has 1 heterocycles. The lowest BCUT2D eigenvalue weighted by Gasteiger charge is -2.24. The summed E-state index contributed by atoms with van der Waals surface area (Å²) >= 11 is 0. The van der Waals surface area contributed by atoms with E-state index in [4.69, 9.17) is 10.4 Å². The fourth-order valence-corrected chi connectivity index (χ4v) is 1.82. The minimum Gasteiger partial charge on any atom is -0.384 e. The molecule has 0 aromatic carbocycles. The van der Waals surface area contributed by atoms with Gasteiger partial charge in [0.25, 0.3) is 0 Å². The molecule has 0 saturated carbocycles. The zero-order valence-corrected chi connectivity index (χ0v) is 13.0. The largest absolute Gasteiger partial charge is 0.414 e. The van der Waals surface area contributed by atoms with Gasteiger partial charge in [-0.05, 0) is 33.3 Å². The number of nitrogens with zero attached hydrogens (tertiary/aromatic N) is 2. The maximum Gasteiger partial charge on any atom is 0.414 e. The van der Waals surface area contributed by atoms with Crippen LogP contribution in [0.4, 0.5) is 23.8 Å². The Labute approximate surface area is 131 Å². The fourth-order valence-electron chi connectivity index (χ4n) is 1.82. The molecule has 0 spiro atoms. The Morgan fingerprint density at radius 3 is 2.52 bits per heavy atom. The van der Waals surface area contributed by atoms with Crippen molar-refractivity contribution in [2.45, 2.75) is 45.0 Å². The van der Waals surface area contributed by atoms with Crippen LogP contribution in [0.5, 0.6) is 0 Å². The minimum absolute atomic E-state index is 0.339. The normalized spacial score (nSPS) is 13.3. The van der Waals surface area contributed by atoms with Gasteiger partial charge in [0.2, 0.25) is 0 Å². The number of carbonyl (C=O) groups is 1. The molecular weight excluding hydrogens is 313 g/mol. The second-order valence-electron chi connectivity index (χ2n) is 5.99. The molecule has 9 heteroatoms. The van der Waals surface area contributed by atoms with Crippen molar-refractivity contribution in [1.29, 1.82) is 5.26 Å². The number of hydrogen-bond acceptors (Lipinski definition) is 3. The van der Waals surface area contributed by atoms with Crippen molar-refractivity contribution in [2.75, 3.05) is 11.9 Å². The molecule has 1 aromatic rings. The van der Waals surface area contributed by atoms with E-state index in [0.29, 0.717) is 11.4 Å². The van der Waals surface area contributed by atoms with Crippen molar-refractivity contribution in [3.63, 3.8) is 0 Å². The number of aliphatic hydroxyl groups is 1. The quantitative estimate of drug-likeness (QED) is 0.791. The lowest BCUT2D eigenvalue weighted by atomic mass is 10.1. The van der Waals surface area contributed by atoms with Gasteiger partial charge in [0.05, 0.1) is 5.56 Å². The first kappa shape index (κ1) is 18.8. The van der Waals surface area contributed by atoms with E-state index in [0.717, 1.165) is 0 Å². The molecule has 0 bridgehead atoms. The zero-order valence-electron chi connectivity index (χ0n) is 13.0. The first-order valence-corrected chi connectivity index (χ1v) is 6.87. The summed E-state index contributed by atoms with van der Waals surface area (Å²) in [5, 5.41) is 22.5. The van der Waals surface area contributed by atoms with E-state index in [1.807, 2.05) is 26.8 Å². The van der Waals surface area contributed by atoms with E-state index in [1.165, 1.54) is 6.07 Å². The van der Waals surface area contributed by atoms with E-state index < -0.39 is 30.3 Å². The highest BCUT2D eigenvalue weighted by atomic mass is 19.4. The third kappa shape index (κ3) is 5.49. The molecule has 0 saturated heterocycles. The minimum atomic E-state index is -4.71. The number of alkyl halides is 3. The van der Waals surface area contributed by atoms with Crippen LogP contribution in [0.15, 0.2) is 12.3 Å². The Morgan fingerprint density at radius 1 is 1.43 bits per heavy atom. The zero-order chi connectivity index (χ0) is 17.8. The highest BCUT2D eigenvalue weighted by molar-refractivity contribution is 5.88. The maximum atomic E-state index is 12.1. The Kier molecular flexibility index (Phi) is 5.66. The van der Waals surface area contributed by atoms with E-state index in [9.17, 15) is 18.0 Å². The molecule has 6 nitrogen and oxygen atoms in total. The number of nitrogens with one attached hydrogen (secondary N) is 2. The highest BCUT2D eigenvalue weighted by Crippen LogP contribution is 2.24. The standard InChI is InChI=1S/C14H19F3N4O2/c1-13(2,3)21-8-9(7-18)6-11(21)20-12(23)19-5-4-10(22)14(15,16)17/h6,8,10,22H,4-5H2,1-3H3,(H2,19,20,23). The maximum absolute atomic E-state index is 12.1. The summed E-state index contributed by atoms with van der Waals surface area (Å²) in [6, 6.07) is 2.71. The van der Waals surface area contributed by atoms with Gasteiger partial charge in [0.1, 0.15) is 11.9 Å². The van der Waals surface area contributed by atoms with Crippen LogP contribution in [-0.4, -0.2) is 34.5 Å². The predicted octanol–water partition coefficient (Wildman–Crippen LogP) is 2.55. The number of hydrogen-bond donors (Lipinski definition) is 3. The molecule has 0 radical (unpaired) electrons. The summed E-state index contributed by atoms with van der Waals surface area (Å²) in [4.78, 5) is 11.7. The van der Waals surface area contributed by atoms with Crippen molar-refractivity contribution >= 4 is 11.8 Å². The predicted molar refractivity (Wildman–Crippen MR) is 77.8 cm³/mol. The number of aromatic nitrogens is 1. The number of halogens is 3. The van der Waals surface area contributed by atoms with Crippen LogP contribution in [0.1, 0.15) is 32.8 Å². The first-order chi connectivity index (χ1) is 10.4. The molecule has 128 valence electrons. The van der Waals surface area contributed by atoms with Gasteiger partial charge in [-0.25, -0.2) is 4.79 Å². The molecule has 1 aromatic heterocycles. The van der Waals surface area contributed by atoms with Gasteiger partial charge >= 0.3 is 12.2 Å². The molecule has 3 N–H and O–H groups in total. The number of nitriles is 1. The van der Waals surface area contributed by atoms with Crippen molar-refractivity contribution in [3.05, 3.63) is 17.8 Å². The van der Waals surface area contributed by atoms with Crippen LogP contribution in [-0.2, 0) is 5.54 Å². The van der Waals surface area contributed by atoms with Gasteiger partial charge in [0, 0.05) is 18.3 Å². The number of aliphatic hydroxyl groups excluding tert-OH is 1. The van der Waals surface area contributed by atoms with Gasteiger partial charge < -0.3 is 15.0 Å². The summed E-state index contributed by atoms with van der Waals surface area (Å²) in [7, 11) is 0. The third-order valence-electron chi connectivity index (χ3n) is 2.99. The third-order valence-corrected chi connectivity index (χ3v) is 2.99. The Morgan fingerprint density at radius 2 is 2.04 bits per heavy atom. The van der Waals surface area contributed by atoms with Crippen molar-refractivity contribution in [2.24, 2.45) is 0 Å². The SMILES string of the molecule is CC(C)(C)n1cc(C#N)cc1NC(=O)NCCC(O)C(F)(F)F. The van der Waals surface area contributed by atoms with E-state index in [-0.39, 0.29) is 6.54 Å². The molecular formula is C14H19F3N4O2. The Bertz CT molecular complexity index is 597. The number of urea groups is 1. The van der Waals surface area contributed by atoms with E-state index >= 15 is 0 Å². The highest BCUT2D eigenvalue weighted by Gasteiger charge is 2.37. The topological polar surface area (TPSA) is 90.1 Å². The van der Waals surface area contributed by atoms with Gasteiger partial charge in [-0.15, -0.1) is 0 Å². The number of rotatable bonds is 4. The molecule has 0 aliphatic heterocycles. The molecule has 0 fully saturated rings. The van der Waals surface area contributed by atoms with Crippen LogP contribution in [0.3, 0.4) is 0 Å². The first-order valence-electron chi connectivity index (χ1n) is 6.87. The summed E-state index contributed by atoms with van der Waals surface area (Å²) in [6.45, 7) is 5.28. The van der Waals surface area contributed by atoms with Crippen LogP contribution >= 0.6 is 0 Å². The Hall–Kier alpha value is -2.21. The van der Waals surface area contributed by atoms with Gasteiger partial charge in [-0.3, -0.25) is 5.32 Å². The number of anilines is 1.